The van der Waals surface area contributed by atoms with Crippen LogP contribution in [-0.4, -0.2) is 31.2 Å². The monoisotopic (exact) mass is 286 g/mol. The van der Waals surface area contributed by atoms with Crippen LogP contribution in [0, 0.1) is 6.92 Å². The van der Waals surface area contributed by atoms with Crippen LogP contribution in [0.15, 0.2) is 36.5 Å². The molecule has 0 aliphatic carbocycles. The van der Waals surface area contributed by atoms with Gasteiger partial charge in [-0.2, -0.15) is 0 Å². The van der Waals surface area contributed by atoms with E-state index in [-0.39, 0.29) is 0 Å². The van der Waals surface area contributed by atoms with Gasteiger partial charge in [-0.05, 0) is 49.4 Å². The van der Waals surface area contributed by atoms with E-state index in [1.165, 1.54) is 11.1 Å². The summed E-state index contributed by atoms with van der Waals surface area (Å²) in [6.07, 6.45) is 1.82. The molecule has 0 N–H and O–H groups in total. The average molecular weight is 286 g/mol. The Kier molecular flexibility index (Phi) is 5.17. The third-order valence-electron chi connectivity index (χ3n) is 3.44. The maximum absolute atomic E-state index is 5.38. The highest BCUT2D eigenvalue weighted by Gasteiger charge is 2.10. The summed E-state index contributed by atoms with van der Waals surface area (Å²) in [6.45, 7) is 3.74. The van der Waals surface area contributed by atoms with Crippen molar-refractivity contribution in [1.29, 1.82) is 0 Å². The van der Waals surface area contributed by atoms with Crippen molar-refractivity contribution in [1.82, 2.24) is 9.88 Å². The van der Waals surface area contributed by atoms with Crippen molar-refractivity contribution in [2.45, 2.75) is 20.0 Å². The molecular weight excluding hydrogens is 264 g/mol. The van der Waals surface area contributed by atoms with Crippen molar-refractivity contribution in [2.75, 3.05) is 21.3 Å². The van der Waals surface area contributed by atoms with Gasteiger partial charge in [0.1, 0.15) is 0 Å². The highest BCUT2D eigenvalue weighted by atomic mass is 16.5. The van der Waals surface area contributed by atoms with Crippen LogP contribution in [0.2, 0.25) is 0 Å². The first-order valence-electron chi connectivity index (χ1n) is 6.94. The van der Waals surface area contributed by atoms with Crippen LogP contribution in [0.4, 0.5) is 0 Å². The molecular formula is C17H22N2O2. The highest BCUT2D eigenvalue weighted by Crippen LogP contribution is 2.30. The minimum absolute atomic E-state index is 0.768. The minimum Gasteiger partial charge on any atom is -0.493 e. The Labute approximate surface area is 126 Å². The second kappa shape index (κ2) is 7.09. The van der Waals surface area contributed by atoms with E-state index in [2.05, 4.69) is 23.9 Å². The fourth-order valence-corrected chi connectivity index (χ4v) is 2.31. The number of nitrogens with zero attached hydrogens (tertiary/aromatic N) is 2. The molecule has 0 unspecified atom stereocenters. The molecule has 0 saturated carbocycles. The molecule has 2 rings (SSSR count). The second-order valence-electron chi connectivity index (χ2n) is 5.13. The number of methoxy groups -OCH3 is 2. The van der Waals surface area contributed by atoms with Gasteiger partial charge in [-0.3, -0.25) is 9.88 Å². The Morgan fingerprint density at radius 1 is 1.05 bits per heavy atom. The number of aryl methyl sites for hydroxylation is 1. The molecule has 1 aromatic heterocycles. The summed E-state index contributed by atoms with van der Waals surface area (Å²) in [4.78, 5) is 6.59. The van der Waals surface area contributed by atoms with Crippen molar-refractivity contribution < 1.29 is 9.47 Å². The standard InChI is InChI=1S/C17H22N2O2/c1-13-9-16(20-3)17(21-4)10-14(13)11-19(2)12-15-7-5-6-8-18-15/h5-10H,11-12H2,1-4H3. The summed E-state index contributed by atoms with van der Waals surface area (Å²) in [5.41, 5.74) is 3.49. The lowest BCUT2D eigenvalue weighted by Gasteiger charge is -2.19. The fraction of sp³-hybridized carbons (Fsp3) is 0.353. The highest BCUT2D eigenvalue weighted by molar-refractivity contribution is 5.47. The molecule has 4 heteroatoms. The predicted molar refractivity (Wildman–Crippen MR) is 83.7 cm³/mol. The minimum atomic E-state index is 0.768. The molecule has 112 valence electrons. The molecule has 2 aromatic rings. The van der Waals surface area contributed by atoms with E-state index in [0.29, 0.717) is 0 Å². The van der Waals surface area contributed by atoms with E-state index >= 15 is 0 Å². The molecule has 1 heterocycles. The van der Waals surface area contributed by atoms with Gasteiger partial charge in [0, 0.05) is 19.3 Å². The van der Waals surface area contributed by atoms with Crippen molar-refractivity contribution in [3.63, 3.8) is 0 Å². The first kappa shape index (κ1) is 15.3. The van der Waals surface area contributed by atoms with Crippen molar-refractivity contribution in [2.24, 2.45) is 0 Å². The average Bonchev–Trinajstić information content (AvgIpc) is 2.49. The van der Waals surface area contributed by atoms with Gasteiger partial charge in [0.05, 0.1) is 19.9 Å². The normalized spacial score (nSPS) is 10.7. The van der Waals surface area contributed by atoms with Crippen LogP contribution in [0.5, 0.6) is 11.5 Å². The van der Waals surface area contributed by atoms with E-state index in [1.54, 1.807) is 14.2 Å². The van der Waals surface area contributed by atoms with Crippen molar-refractivity contribution >= 4 is 0 Å². The summed E-state index contributed by atoms with van der Waals surface area (Å²) in [5.74, 6) is 1.54. The quantitative estimate of drug-likeness (QED) is 0.817. The number of hydrogen-bond acceptors (Lipinski definition) is 4. The largest absolute Gasteiger partial charge is 0.493 e. The summed E-state index contributed by atoms with van der Waals surface area (Å²) < 4.78 is 10.7. The molecule has 0 spiro atoms. The van der Waals surface area contributed by atoms with Crippen LogP contribution in [0.1, 0.15) is 16.8 Å². The molecule has 0 bridgehead atoms. The first-order chi connectivity index (χ1) is 10.1. The molecule has 0 radical (unpaired) electrons. The number of ether oxygens (including phenoxy) is 2. The number of rotatable bonds is 6. The molecule has 0 saturated heterocycles. The molecule has 0 aliphatic rings. The molecule has 0 atom stereocenters. The Balaban J connectivity index is 2.11. The van der Waals surface area contributed by atoms with E-state index in [0.717, 1.165) is 30.3 Å². The Morgan fingerprint density at radius 2 is 1.76 bits per heavy atom. The molecule has 0 fully saturated rings. The lowest BCUT2D eigenvalue weighted by atomic mass is 10.1. The Hall–Kier alpha value is -2.07. The maximum atomic E-state index is 5.38. The van der Waals surface area contributed by atoms with Gasteiger partial charge >= 0.3 is 0 Å². The van der Waals surface area contributed by atoms with Gasteiger partial charge in [-0.15, -0.1) is 0 Å². The number of aromatic nitrogens is 1. The zero-order valence-electron chi connectivity index (χ0n) is 13.1. The van der Waals surface area contributed by atoms with E-state index < -0.39 is 0 Å². The zero-order chi connectivity index (χ0) is 15.2. The van der Waals surface area contributed by atoms with Crippen LogP contribution in [0.3, 0.4) is 0 Å². The second-order valence-corrected chi connectivity index (χ2v) is 5.13. The van der Waals surface area contributed by atoms with E-state index in [4.69, 9.17) is 9.47 Å². The van der Waals surface area contributed by atoms with Gasteiger partial charge in [0.2, 0.25) is 0 Å². The van der Waals surface area contributed by atoms with Crippen molar-refractivity contribution in [3.8, 4) is 11.5 Å². The molecule has 4 nitrogen and oxygen atoms in total. The maximum Gasteiger partial charge on any atom is 0.161 e. The van der Waals surface area contributed by atoms with E-state index in [1.807, 2.05) is 36.5 Å². The molecule has 0 aliphatic heterocycles. The van der Waals surface area contributed by atoms with Gasteiger partial charge in [0.25, 0.3) is 0 Å². The number of pyridine rings is 1. The van der Waals surface area contributed by atoms with Gasteiger partial charge in [-0.25, -0.2) is 0 Å². The van der Waals surface area contributed by atoms with Gasteiger partial charge in [0.15, 0.2) is 11.5 Å². The smallest absolute Gasteiger partial charge is 0.161 e. The zero-order valence-corrected chi connectivity index (χ0v) is 13.1. The lowest BCUT2D eigenvalue weighted by molar-refractivity contribution is 0.312. The summed E-state index contributed by atoms with van der Waals surface area (Å²) in [7, 11) is 5.41. The Morgan fingerprint density at radius 3 is 2.38 bits per heavy atom. The fourth-order valence-electron chi connectivity index (χ4n) is 2.31. The molecule has 1 aromatic carbocycles. The molecule has 21 heavy (non-hydrogen) atoms. The third-order valence-corrected chi connectivity index (χ3v) is 3.44. The summed E-state index contributed by atoms with van der Waals surface area (Å²) >= 11 is 0. The van der Waals surface area contributed by atoms with Gasteiger partial charge < -0.3 is 9.47 Å². The SMILES string of the molecule is COc1cc(C)c(CN(C)Cc2ccccn2)cc1OC. The van der Waals surface area contributed by atoms with Crippen molar-refractivity contribution in [3.05, 3.63) is 53.3 Å². The first-order valence-corrected chi connectivity index (χ1v) is 6.94. The molecule has 0 amide bonds. The Bertz CT molecular complexity index is 585. The number of hydrogen-bond donors (Lipinski definition) is 0. The lowest BCUT2D eigenvalue weighted by Crippen LogP contribution is -2.18. The topological polar surface area (TPSA) is 34.6 Å². The summed E-state index contributed by atoms with van der Waals surface area (Å²) in [5, 5.41) is 0. The van der Waals surface area contributed by atoms with Crippen LogP contribution < -0.4 is 9.47 Å². The number of benzene rings is 1. The van der Waals surface area contributed by atoms with Crippen LogP contribution in [-0.2, 0) is 13.1 Å². The van der Waals surface area contributed by atoms with Crippen LogP contribution in [0.25, 0.3) is 0 Å². The van der Waals surface area contributed by atoms with Crippen LogP contribution >= 0.6 is 0 Å². The summed E-state index contributed by atoms with van der Waals surface area (Å²) in [6, 6.07) is 10.0. The van der Waals surface area contributed by atoms with Gasteiger partial charge in [-0.1, -0.05) is 6.07 Å². The van der Waals surface area contributed by atoms with E-state index in [9.17, 15) is 0 Å². The predicted octanol–water partition coefficient (Wildman–Crippen LogP) is 3.04. The third kappa shape index (κ3) is 3.95.